The third-order valence-electron chi connectivity index (χ3n) is 2.14. The fourth-order valence-electron chi connectivity index (χ4n) is 1.34. The largest absolute Gasteiger partial charge is 0.206 e. The summed E-state index contributed by atoms with van der Waals surface area (Å²) < 4.78 is 14.2. The fraction of sp³-hybridized carbons (Fsp3) is 0. The molecule has 0 radical (unpaired) electrons. The first-order valence-corrected chi connectivity index (χ1v) is 6.44. The molecule has 0 saturated carbocycles. The van der Waals surface area contributed by atoms with E-state index in [4.69, 9.17) is 5.26 Å². The van der Waals surface area contributed by atoms with Gasteiger partial charge in [-0.2, -0.15) is 5.26 Å². The molecule has 0 aliphatic carbocycles. The quantitative estimate of drug-likeness (QED) is 0.809. The van der Waals surface area contributed by atoms with Crippen molar-refractivity contribution in [3.05, 3.63) is 58.3 Å². The summed E-state index contributed by atoms with van der Waals surface area (Å²) in [4.78, 5) is 1.26. The molecule has 2 rings (SSSR count). The number of halogens is 2. The van der Waals surface area contributed by atoms with Gasteiger partial charge < -0.3 is 0 Å². The summed E-state index contributed by atoms with van der Waals surface area (Å²) in [5, 5.41) is 9.06. The summed E-state index contributed by atoms with van der Waals surface area (Å²) in [5.41, 5.74) is 0.528. The van der Waals surface area contributed by atoms with E-state index in [-0.39, 0.29) is 5.82 Å². The van der Waals surface area contributed by atoms with E-state index in [1.807, 2.05) is 6.07 Å². The van der Waals surface area contributed by atoms with E-state index in [0.717, 1.165) is 9.37 Å². The van der Waals surface area contributed by atoms with Crippen LogP contribution in [-0.2, 0) is 0 Å². The van der Waals surface area contributed by atoms with Crippen molar-refractivity contribution in [2.45, 2.75) is 9.79 Å². The molecule has 2 aromatic carbocycles. The molecule has 17 heavy (non-hydrogen) atoms. The molecule has 2 aromatic rings. The van der Waals surface area contributed by atoms with Gasteiger partial charge in [-0.3, -0.25) is 0 Å². The van der Waals surface area contributed by atoms with Crippen molar-refractivity contribution in [2.24, 2.45) is 0 Å². The molecule has 84 valence electrons. The minimum absolute atomic E-state index is 0.277. The zero-order chi connectivity index (χ0) is 12.3. The van der Waals surface area contributed by atoms with Crippen LogP contribution < -0.4 is 0 Å². The Morgan fingerprint density at radius 1 is 1.06 bits per heavy atom. The highest BCUT2D eigenvalue weighted by molar-refractivity contribution is 9.10. The van der Waals surface area contributed by atoms with E-state index < -0.39 is 0 Å². The van der Waals surface area contributed by atoms with Crippen LogP contribution in [0, 0.1) is 17.1 Å². The maximum Gasteiger partial charge on any atom is 0.137 e. The monoisotopic (exact) mass is 307 g/mol. The van der Waals surface area contributed by atoms with E-state index in [2.05, 4.69) is 22.0 Å². The van der Waals surface area contributed by atoms with Crippen molar-refractivity contribution >= 4 is 27.7 Å². The number of benzene rings is 2. The summed E-state index contributed by atoms with van der Waals surface area (Å²) in [6.07, 6.45) is 0. The van der Waals surface area contributed by atoms with Gasteiger partial charge in [-0.1, -0.05) is 30.0 Å². The Kier molecular flexibility index (Phi) is 3.82. The van der Waals surface area contributed by atoms with Crippen LogP contribution in [0.4, 0.5) is 4.39 Å². The minimum atomic E-state index is -0.277. The molecule has 0 aromatic heterocycles. The molecule has 0 spiro atoms. The Labute approximate surface area is 111 Å². The van der Waals surface area contributed by atoms with Gasteiger partial charge in [0, 0.05) is 14.3 Å². The van der Waals surface area contributed by atoms with Gasteiger partial charge in [0.25, 0.3) is 0 Å². The van der Waals surface area contributed by atoms with Crippen molar-refractivity contribution in [3.8, 4) is 6.07 Å². The highest BCUT2D eigenvalue weighted by Crippen LogP contribution is 2.34. The van der Waals surface area contributed by atoms with Gasteiger partial charge in [-0.15, -0.1) is 0 Å². The third kappa shape index (κ3) is 2.68. The van der Waals surface area contributed by atoms with E-state index >= 15 is 0 Å². The Hall–Kier alpha value is -1.31. The van der Waals surface area contributed by atoms with E-state index in [0.29, 0.717) is 10.5 Å². The molecule has 0 aliphatic rings. The average Bonchev–Trinajstić information content (AvgIpc) is 2.32. The van der Waals surface area contributed by atoms with E-state index in [9.17, 15) is 4.39 Å². The Morgan fingerprint density at radius 3 is 2.47 bits per heavy atom. The van der Waals surface area contributed by atoms with Gasteiger partial charge in [0.1, 0.15) is 11.9 Å². The van der Waals surface area contributed by atoms with Gasteiger partial charge in [-0.05, 0) is 40.2 Å². The van der Waals surface area contributed by atoms with Crippen LogP contribution in [0.25, 0.3) is 0 Å². The fourth-order valence-corrected chi connectivity index (χ4v) is 2.88. The van der Waals surface area contributed by atoms with Gasteiger partial charge in [0.15, 0.2) is 0 Å². The van der Waals surface area contributed by atoms with Crippen LogP contribution in [0.1, 0.15) is 5.56 Å². The number of rotatable bonds is 2. The second kappa shape index (κ2) is 5.35. The molecule has 4 heteroatoms. The first-order valence-electron chi connectivity index (χ1n) is 4.83. The molecule has 0 heterocycles. The number of hydrogen-bond donors (Lipinski definition) is 0. The Bertz CT molecular complexity index is 592. The minimum Gasteiger partial charge on any atom is -0.206 e. The van der Waals surface area contributed by atoms with Crippen molar-refractivity contribution < 1.29 is 4.39 Å². The van der Waals surface area contributed by atoms with E-state index in [1.165, 1.54) is 17.8 Å². The van der Waals surface area contributed by atoms with Crippen LogP contribution in [-0.4, -0.2) is 0 Å². The third-order valence-corrected chi connectivity index (χ3v) is 3.92. The van der Waals surface area contributed by atoms with Crippen LogP contribution in [0.3, 0.4) is 0 Å². The molecule has 0 fully saturated rings. The molecular formula is C13H7BrFNS. The Balaban J connectivity index is 2.41. The highest BCUT2D eigenvalue weighted by Gasteiger charge is 2.09. The molecular weight excluding hydrogens is 301 g/mol. The van der Waals surface area contributed by atoms with Crippen molar-refractivity contribution in [1.29, 1.82) is 5.26 Å². The molecule has 0 unspecified atom stereocenters. The van der Waals surface area contributed by atoms with Crippen molar-refractivity contribution in [1.82, 2.24) is 0 Å². The van der Waals surface area contributed by atoms with Crippen molar-refractivity contribution in [3.63, 3.8) is 0 Å². The second-order valence-electron chi connectivity index (χ2n) is 3.26. The topological polar surface area (TPSA) is 23.8 Å². The summed E-state index contributed by atoms with van der Waals surface area (Å²) in [5.74, 6) is -0.277. The molecule has 0 saturated heterocycles. The summed E-state index contributed by atoms with van der Waals surface area (Å²) in [7, 11) is 0. The van der Waals surface area contributed by atoms with Gasteiger partial charge >= 0.3 is 0 Å². The van der Waals surface area contributed by atoms with Gasteiger partial charge in [0.05, 0.1) is 5.56 Å². The molecule has 1 nitrogen and oxygen atoms in total. The number of hydrogen-bond acceptors (Lipinski definition) is 2. The normalized spacial score (nSPS) is 9.94. The standard InChI is InChI=1S/C13H7BrFNS/c14-10-4-3-7-12(9(10)8-16)17-13-6-2-1-5-11(13)15/h1-7H. The first kappa shape index (κ1) is 12.2. The van der Waals surface area contributed by atoms with Crippen LogP contribution in [0.15, 0.2) is 56.7 Å². The number of nitriles is 1. The lowest BCUT2D eigenvalue weighted by Crippen LogP contribution is -1.85. The highest BCUT2D eigenvalue weighted by atomic mass is 79.9. The zero-order valence-corrected chi connectivity index (χ0v) is 11.1. The second-order valence-corrected chi connectivity index (χ2v) is 5.20. The summed E-state index contributed by atoms with van der Waals surface area (Å²) >= 11 is 4.56. The molecule has 0 amide bonds. The SMILES string of the molecule is N#Cc1c(Br)cccc1Sc1ccccc1F. The Morgan fingerprint density at radius 2 is 1.76 bits per heavy atom. The predicted octanol–water partition coefficient (Wildman–Crippen LogP) is 4.61. The smallest absolute Gasteiger partial charge is 0.137 e. The lowest BCUT2D eigenvalue weighted by Gasteiger charge is -2.05. The average molecular weight is 308 g/mol. The predicted molar refractivity (Wildman–Crippen MR) is 69.4 cm³/mol. The maximum atomic E-state index is 13.5. The first-order chi connectivity index (χ1) is 8.22. The van der Waals surface area contributed by atoms with Crippen LogP contribution in [0.5, 0.6) is 0 Å². The lowest BCUT2D eigenvalue weighted by atomic mass is 10.2. The number of nitrogens with zero attached hydrogens (tertiary/aromatic N) is 1. The van der Waals surface area contributed by atoms with Crippen LogP contribution in [0.2, 0.25) is 0 Å². The van der Waals surface area contributed by atoms with Crippen molar-refractivity contribution in [2.75, 3.05) is 0 Å². The zero-order valence-electron chi connectivity index (χ0n) is 8.65. The molecule has 0 N–H and O–H groups in total. The summed E-state index contributed by atoms with van der Waals surface area (Å²) in [6.45, 7) is 0. The van der Waals surface area contributed by atoms with Crippen LogP contribution >= 0.6 is 27.7 Å². The maximum absolute atomic E-state index is 13.5. The molecule has 0 atom stereocenters. The lowest BCUT2D eigenvalue weighted by molar-refractivity contribution is 0.602. The van der Waals surface area contributed by atoms with Gasteiger partial charge in [-0.25, -0.2) is 4.39 Å². The molecule has 0 bridgehead atoms. The molecule has 0 aliphatic heterocycles. The summed E-state index contributed by atoms with van der Waals surface area (Å²) in [6, 6.07) is 14.1. The van der Waals surface area contributed by atoms with E-state index in [1.54, 1.807) is 30.3 Å². The van der Waals surface area contributed by atoms with Gasteiger partial charge in [0.2, 0.25) is 0 Å².